The number of carbonyl (C=O) groups is 2. The Hall–Kier alpha value is -1.37. The van der Waals surface area contributed by atoms with Crippen molar-refractivity contribution in [3.05, 3.63) is 29.3 Å². The second-order valence-corrected chi connectivity index (χ2v) is 14.4. The minimum atomic E-state index is -1.69. The molecule has 0 fully saturated rings. The SMILES string of the molecule is CCOC(=O)C(N)(CCCCCCCCCC[Si](C)(C)c1ccc(Cl)cc1)C(=O)OCC. The summed E-state index contributed by atoms with van der Waals surface area (Å²) in [6, 6.07) is 9.68. The second kappa shape index (κ2) is 14.7. The summed E-state index contributed by atoms with van der Waals surface area (Å²) < 4.78 is 9.99. The quantitative estimate of drug-likeness (QED) is 0.143. The van der Waals surface area contributed by atoms with E-state index < -0.39 is 25.6 Å². The lowest BCUT2D eigenvalue weighted by molar-refractivity contribution is -0.164. The van der Waals surface area contributed by atoms with Crippen molar-refractivity contribution >= 4 is 36.8 Å². The molecule has 2 N–H and O–H groups in total. The fraction of sp³-hybridized carbons (Fsp3) is 0.680. The summed E-state index contributed by atoms with van der Waals surface area (Å²) in [5.41, 5.74) is 4.40. The molecule has 0 saturated carbocycles. The maximum absolute atomic E-state index is 12.2. The number of halogens is 1. The van der Waals surface area contributed by atoms with E-state index in [9.17, 15) is 9.59 Å². The fourth-order valence-electron chi connectivity index (χ4n) is 3.88. The van der Waals surface area contributed by atoms with Gasteiger partial charge in [0.2, 0.25) is 5.54 Å². The minimum Gasteiger partial charge on any atom is -0.464 e. The molecule has 0 bridgehead atoms. The molecule has 0 aliphatic heterocycles. The zero-order chi connectivity index (χ0) is 24.0. The number of benzene rings is 1. The van der Waals surface area contributed by atoms with Gasteiger partial charge < -0.3 is 15.2 Å². The Morgan fingerprint density at radius 2 is 1.28 bits per heavy atom. The van der Waals surface area contributed by atoms with Crippen LogP contribution in [-0.2, 0) is 19.1 Å². The summed E-state index contributed by atoms with van der Waals surface area (Å²) >= 11 is 6.01. The van der Waals surface area contributed by atoms with E-state index in [0.29, 0.717) is 6.42 Å². The van der Waals surface area contributed by atoms with Gasteiger partial charge in [-0.1, -0.05) is 99.4 Å². The smallest absolute Gasteiger partial charge is 0.337 e. The summed E-state index contributed by atoms with van der Waals surface area (Å²) in [5, 5.41) is 2.28. The Morgan fingerprint density at radius 1 is 0.844 bits per heavy atom. The van der Waals surface area contributed by atoms with Gasteiger partial charge in [-0.2, -0.15) is 0 Å². The molecule has 7 heteroatoms. The first kappa shape index (κ1) is 28.7. The van der Waals surface area contributed by atoms with E-state index in [1.807, 2.05) is 12.1 Å². The monoisotopic (exact) mass is 483 g/mol. The maximum atomic E-state index is 12.2. The Kier molecular flexibility index (Phi) is 13.2. The van der Waals surface area contributed by atoms with E-state index in [2.05, 4.69) is 25.2 Å². The number of unbranched alkanes of at least 4 members (excludes halogenated alkanes) is 7. The zero-order valence-corrected chi connectivity index (χ0v) is 22.1. The topological polar surface area (TPSA) is 78.6 Å². The number of carbonyl (C=O) groups excluding carboxylic acids is 2. The largest absolute Gasteiger partial charge is 0.464 e. The predicted octanol–water partition coefficient (Wildman–Crippen LogP) is 5.59. The average Bonchev–Trinajstić information content (AvgIpc) is 2.75. The molecule has 1 rings (SSSR count). The van der Waals surface area contributed by atoms with E-state index in [1.54, 1.807) is 13.8 Å². The van der Waals surface area contributed by atoms with Crippen LogP contribution >= 0.6 is 11.6 Å². The van der Waals surface area contributed by atoms with Crippen molar-refractivity contribution < 1.29 is 19.1 Å². The van der Waals surface area contributed by atoms with E-state index in [0.717, 1.165) is 24.3 Å². The molecule has 0 amide bonds. The van der Waals surface area contributed by atoms with Crippen molar-refractivity contribution in [2.75, 3.05) is 13.2 Å². The number of ether oxygens (including phenoxy) is 2. The molecule has 0 heterocycles. The minimum absolute atomic E-state index is 0.191. The lowest BCUT2D eigenvalue weighted by Crippen LogP contribution is -2.56. The second-order valence-electron chi connectivity index (χ2n) is 9.13. The average molecular weight is 484 g/mol. The van der Waals surface area contributed by atoms with Crippen LogP contribution in [0.3, 0.4) is 0 Å². The molecule has 1 aromatic carbocycles. The molecular formula is C25H42ClNO4Si. The molecule has 0 radical (unpaired) electrons. The molecule has 0 aliphatic rings. The van der Waals surface area contributed by atoms with Gasteiger partial charge in [0.1, 0.15) is 0 Å². The zero-order valence-electron chi connectivity index (χ0n) is 20.4. The van der Waals surface area contributed by atoms with Gasteiger partial charge in [0, 0.05) is 5.02 Å². The van der Waals surface area contributed by atoms with Crippen LogP contribution < -0.4 is 10.9 Å². The number of nitrogens with two attached hydrogens (primary N) is 1. The molecule has 0 atom stereocenters. The Labute approximate surface area is 200 Å². The molecule has 0 unspecified atom stereocenters. The molecule has 0 spiro atoms. The van der Waals surface area contributed by atoms with Crippen molar-refractivity contribution in [3.63, 3.8) is 0 Å². The normalized spacial score (nSPS) is 11.9. The summed E-state index contributed by atoms with van der Waals surface area (Å²) in [7, 11) is -1.38. The van der Waals surface area contributed by atoms with Crippen molar-refractivity contribution in [1.82, 2.24) is 0 Å². The van der Waals surface area contributed by atoms with Crippen LogP contribution in [-0.4, -0.2) is 38.8 Å². The van der Waals surface area contributed by atoms with E-state index in [1.165, 1.54) is 36.9 Å². The van der Waals surface area contributed by atoms with Crippen LogP contribution in [0.2, 0.25) is 24.2 Å². The van der Waals surface area contributed by atoms with Crippen LogP contribution in [0, 0.1) is 0 Å². The van der Waals surface area contributed by atoms with Gasteiger partial charge in [0.15, 0.2) is 0 Å². The highest BCUT2D eigenvalue weighted by molar-refractivity contribution is 6.89. The van der Waals surface area contributed by atoms with Crippen molar-refractivity contribution in [1.29, 1.82) is 0 Å². The van der Waals surface area contributed by atoms with E-state index in [-0.39, 0.29) is 19.6 Å². The first-order valence-electron chi connectivity index (χ1n) is 12.1. The maximum Gasteiger partial charge on any atom is 0.337 e. The van der Waals surface area contributed by atoms with Gasteiger partial charge in [-0.05, 0) is 32.4 Å². The lowest BCUT2D eigenvalue weighted by atomic mass is 9.93. The van der Waals surface area contributed by atoms with Gasteiger partial charge in [-0.25, -0.2) is 9.59 Å². The Balaban J connectivity index is 2.21. The summed E-state index contributed by atoms with van der Waals surface area (Å²) in [6.07, 6.45) is 9.14. The molecule has 1 aromatic rings. The number of esters is 2. The fourth-order valence-corrected chi connectivity index (χ4v) is 6.50. The molecule has 0 aliphatic carbocycles. The van der Waals surface area contributed by atoms with Crippen LogP contribution in [0.1, 0.15) is 71.6 Å². The highest BCUT2D eigenvalue weighted by Crippen LogP contribution is 2.20. The predicted molar refractivity (Wildman–Crippen MR) is 135 cm³/mol. The molecule has 5 nitrogen and oxygen atoms in total. The lowest BCUT2D eigenvalue weighted by Gasteiger charge is -2.24. The van der Waals surface area contributed by atoms with Gasteiger partial charge >= 0.3 is 11.9 Å². The van der Waals surface area contributed by atoms with E-state index in [4.69, 9.17) is 26.8 Å². The highest BCUT2D eigenvalue weighted by Gasteiger charge is 2.44. The molecular weight excluding hydrogens is 442 g/mol. The van der Waals surface area contributed by atoms with Gasteiger partial charge in [0.05, 0.1) is 21.3 Å². The number of rotatable bonds is 16. The standard InChI is InChI=1S/C25H42ClNO4Si/c1-5-30-23(28)25(27,24(29)31-6-2)19-13-11-9-7-8-10-12-14-20-32(3,4)22-17-15-21(26)16-18-22/h15-18H,5-14,19-20,27H2,1-4H3. The third-order valence-electron chi connectivity index (χ3n) is 6.03. The van der Waals surface area contributed by atoms with E-state index >= 15 is 0 Å². The van der Waals surface area contributed by atoms with Crippen LogP contribution in [0.15, 0.2) is 24.3 Å². The third-order valence-corrected chi connectivity index (χ3v) is 9.78. The van der Waals surface area contributed by atoms with Crippen molar-refractivity contribution in [2.24, 2.45) is 5.73 Å². The molecule has 0 saturated heterocycles. The van der Waals surface area contributed by atoms with Gasteiger partial charge in [-0.15, -0.1) is 0 Å². The summed E-state index contributed by atoms with van der Waals surface area (Å²) in [4.78, 5) is 24.3. The van der Waals surface area contributed by atoms with Crippen molar-refractivity contribution in [3.8, 4) is 0 Å². The van der Waals surface area contributed by atoms with Gasteiger partial charge in [-0.3, -0.25) is 0 Å². The van der Waals surface area contributed by atoms with Crippen LogP contribution in [0.25, 0.3) is 0 Å². The summed E-state index contributed by atoms with van der Waals surface area (Å²) in [6.45, 7) is 8.64. The van der Waals surface area contributed by atoms with Crippen molar-refractivity contribution in [2.45, 2.75) is 96.3 Å². The first-order chi connectivity index (χ1) is 15.2. The molecule has 0 aromatic heterocycles. The van der Waals surface area contributed by atoms with Crippen LogP contribution in [0.5, 0.6) is 0 Å². The summed E-state index contributed by atoms with van der Waals surface area (Å²) in [5.74, 6) is -1.38. The molecule has 32 heavy (non-hydrogen) atoms. The number of hydrogen-bond donors (Lipinski definition) is 1. The van der Waals surface area contributed by atoms with Gasteiger partial charge in [0.25, 0.3) is 0 Å². The first-order valence-corrected chi connectivity index (χ1v) is 15.6. The Bertz CT molecular complexity index is 676. The molecule has 182 valence electrons. The third kappa shape index (κ3) is 9.63. The van der Waals surface area contributed by atoms with Crippen LogP contribution in [0.4, 0.5) is 0 Å². The number of hydrogen-bond acceptors (Lipinski definition) is 5. The Morgan fingerprint density at radius 3 is 1.75 bits per heavy atom. The highest BCUT2D eigenvalue weighted by atomic mass is 35.5.